The molecule has 3 atom stereocenters. The molecule has 0 saturated heterocycles. The van der Waals surface area contributed by atoms with E-state index in [2.05, 4.69) is 5.09 Å². The number of hydrogen-bond donors (Lipinski definition) is 1. The van der Waals surface area contributed by atoms with Gasteiger partial charge in [-0.25, -0.2) is 14.4 Å². The first-order valence-corrected chi connectivity index (χ1v) is 8.93. The van der Waals surface area contributed by atoms with Crippen LogP contribution in [0.4, 0.5) is 4.79 Å². The SMILES string of the molecule is CCOC(=O)[N+](C)(C=O)P(=O)(NC)SC(C)CC. The molecule has 1 N–H and O–H groups in total. The van der Waals surface area contributed by atoms with Gasteiger partial charge in [-0.2, -0.15) is 4.79 Å². The van der Waals surface area contributed by atoms with Crippen LogP contribution in [0.3, 0.4) is 0 Å². The second-order valence-corrected chi connectivity index (χ2v) is 9.35. The molecule has 3 unspecified atom stereocenters. The molecule has 6 nitrogen and oxygen atoms in total. The van der Waals surface area contributed by atoms with Crippen LogP contribution in [0.2, 0.25) is 0 Å². The van der Waals surface area contributed by atoms with Crippen molar-refractivity contribution >= 4 is 30.5 Å². The summed E-state index contributed by atoms with van der Waals surface area (Å²) in [5.41, 5.74) is 0. The summed E-state index contributed by atoms with van der Waals surface area (Å²) < 4.78 is 16.8. The van der Waals surface area contributed by atoms with Crippen molar-refractivity contribution < 1.29 is 23.1 Å². The number of nitrogens with one attached hydrogen (secondary N) is 1. The van der Waals surface area contributed by atoms with Crippen molar-refractivity contribution in [3.05, 3.63) is 0 Å². The summed E-state index contributed by atoms with van der Waals surface area (Å²) in [6, 6.07) is 0. The zero-order chi connectivity index (χ0) is 14.4. The lowest BCUT2D eigenvalue weighted by Crippen LogP contribution is -2.47. The molecule has 106 valence electrons. The molecule has 0 aromatic rings. The van der Waals surface area contributed by atoms with Crippen LogP contribution in [0.1, 0.15) is 27.2 Å². The zero-order valence-electron chi connectivity index (χ0n) is 11.5. The van der Waals surface area contributed by atoms with Crippen molar-refractivity contribution in [1.29, 1.82) is 0 Å². The highest BCUT2D eigenvalue weighted by molar-refractivity contribution is 8.56. The van der Waals surface area contributed by atoms with E-state index < -0.39 is 17.0 Å². The molecule has 0 aromatic heterocycles. The molecule has 0 saturated carbocycles. The summed E-state index contributed by atoms with van der Waals surface area (Å²) in [7, 11) is 2.78. The molecule has 0 aromatic carbocycles. The van der Waals surface area contributed by atoms with Crippen LogP contribution < -0.4 is 5.09 Å². The predicted molar refractivity (Wildman–Crippen MR) is 73.3 cm³/mol. The summed E-state index contributed by atoms with van der Waals surface area (Å²) in [5, 5.41) is 2.70. The number of imide groups is 1. The highest BCUT2D eigenvalue weighted by Gasteiger charge is 2.53. The van der Waals surface area contributed by atoms with Gasteiger partial charge in [0.05, 0.1) is 13.7 Å². The first-order valence-electron chi connectivity index (χ1n) is 5.79. The Morgan fingerprint density at radius 1 is 1.56 bits per heavy atom. The standard InChI is InChI=1S/C10H22N2O4PS/c1-6-9(3)18-17(15,11-4)12(5,8-13)10(14)16-7-2/h8-9H,6-7H2,1-5H3,(H,11,15)/q+1. The number of ether oxygens (including phenoxy) is 1. The van der Waals surface area contributed by atoms with Crippen LogP contribution in [-0.4, -0.2) is 42.7 Å². The highest BCUT2D eigenvalue weighted by Crippen LogP contribution is 2.63. The van der Waals surface area contributed by atoms with Gasteiger partial charge in [0.15, 0.2) is 0 Å². The lowest BCUT2D eigenvalue weighted by atomic mass is 10.4. The predicted octanol–water partition coefficient (Wildman–Crippen LogP) is 2.61. The van der Waals surface area contributed by atoms with E-state index in [-0.39, 0.29) is 11.9 Å². The molecule has 0 spiro atoms. The molecule has 0 radical (unpaired) electrons. The Balaban J connectivity index is 5.36. The van der Waals surface area contributed by atoms with Crippen molar-refractivity contribution in [2.75, 3.05) is 20.7 Å². The molecule has 8 heteroatoms. The Bertz CT molecular complexity index is 353. The van der Waals surface area contributed by atoms with E-state index in [0.717, 1.165) is 17.8 Å². The van der Waals surface area contributed by atoms with Crippen molar-refractivity contribution in [1.82, 2.24) is 5.09 Å². The maximum atomic E-state index is 12.8. The van der Waals surface area contributed by atoms with Crippen LogP contribution in [0.5, 0.6) is 0 Å². The number of amides is 2. The minimum Gasteiger partial charge on any atom is -0.420 e. The monoisotopic (exact) mass is 297 g/mol. The average Bonchev–Trinajstić information content (AvgIpc) is 2.37. The van der Waals surface area contributed by atoms with E-state index in [1.807, 2.05) is 13.8 Å². The summed E-state index contributed by atoms with van der Waals surface area (Å²) in [5.74, 6) is 0. The Labute approximate surface area is 112 Å². The van der Waals surface area contributed by atoms with Crippen LogP contribution in [0.25, 0.3) is 0 Å². The number of hydrogen-bond acceptors (Lipinski definition) is 5. The summed E-state index contributed by atoms with van der Waals surface area (Å²) in [4.78, 5) is 23.1. The van der Waals surface area contributed by atoms with Crippen LogP contribution in [0, 0.1) is 0 Å². The fraction of sp³-hybridized carbons (Fsp3) is 0.800. The first kappa shape index (κ1) is 17.6. The fourth-order valence-corrected chi connectivity index (χ4v) is 6.02. The van der Waals surface area contributed by atoms with E-state index in [0.29, 0.717) is 6.41 Å². The second kappa shape index (κ2) is 7.28. The second-order valence-electron chi connectivity index (χ2n) is 3.90. The molecule has 0 aliphatic rings. The Kier molecular flexibility index (Phi) is 7.14. The quantitative estimate of drug-likeness (QED) is 0.575. The number of rotatable bonds is 7. The van der Waals surface area contributed by atoms with Gasteiger partial charge in [-0.1, -0.05) is 13.8 Å². The molecule has 0 rings (SSSR count). The average molecular weight is 297 g/mol. The maximum Gasteiger partial charge on any atom is 0.528 e. The summed E-state index contributed by atoms with van der Waals surface area (Å²) in [6.45, 7) is 2.31. The number of carbonyl (C=O) groups is 2. The highest BCUT2D eigenvalue weighted by atomic mass is 32.7. The Morgan fingerprint density at radius 2 is 2.11 bits per heavy atom. The molecule has 2 amide bonds. The lowest BCUT2D eigenvalue weighted by Gasteiger charge is -2.31. The van der Waals surface area contributed by atoms with Gasteiger partial charge >= 0.3 is 19.1 Å². The molecule has 0 aliphatic carbocycles. The Hall–Kier alpha value is -0.360. The van der Waals surface area contributed by atoms with Gasteiger partial charge in [-0.05, 0) is 31.8 Å². The third-order valence-corrected chi connectivity index (χ3v) is 8.97. The minimum atomic E-state index is -3.32. The topological polar surface area (TPSA) is 72.5 Å². The van der Waals surface area contributed by atoms with Crippen molar-refractivity contribution in [2.24, 2.45) is 0 Å². The van der Waals surface area contributed by atoms with Gasteiger partial charge in [0.2, 0.25) is 0 Å². The van der Waals surface area contributed by atoms with E-state index in [9.17, 15) is 14.2 Å². The van der Waals surface area contributed by atoms with E-state index >= 15 is 0 Å². The Morgan fingerprint density at radius 3 is 2.44 bits per heavy atom. The van der Waals surface area contributed by atoms with Crippen LogP contribution in [-0.2, 0) is 14.1 Å². The largest absolute Gasteiger partial charge is 0.528 e. The molecular weight excluding hydrogens is 275 g/mol. The van der Waals surface area contributed by atoms with Crippen molar-refractivity contribution in [3.8, 4) is 0 Å². The van der Waals surface area contributed by atoms with Gasteiger partial charge in [-0.15, -0.1) is 4.25 Å². The lowest BCUT2D eigenvalue weighted by molar-refractivity contribution is -0.620. The van der Waals surface area contributed by atoms with E-state index in [1.54, 1.807) is 6.92 Å². The molecular formula is C10H22N2O4PS+. The third kappa shape index (κ3) is 3.57. The number of nitrogens with zero attached hydrogens (tertiary/aromatic N) is 1. The maximum absolute atomic E-state index is 12.8. The molecule has 0 heterocycles. The zero-order valence-corrected chi connectivity index (χ0v) is 13.2. The number of carbonyl (C=O) groups excluding carboxylic acids is 2. The van der Waals surface area contributed by atoms with Crippen molar-refractivity contribution in [3.63, 3.8) is 0 Å². The first-order chi connectivity index (χ1) is 8.31. The fourth-order valence-electron chi connectivity index (χ4n) is 1.14. The number of quaternary nitrogens is 1. The normalized spacial score (nSPS) is 19.4. The van der Waals surface area contributed by atoms with Gasteiger partial charge in [0, 0.05) is 5.25 Å². The summed E-state index contributed by atoms with van der Waals surface area (Å²) in [6.07, 6.45) is 0.351. The van der Waals surface area contributed by atoms with E-state index in [1.165, 1.54) is 14.1 Å². The molecule has 18 heavy (non-hydrogen) atoms. The molecule has 0 aliphatic heterocycles. The van der Waals surface area contributed by atoms with E-state index in [4.69, 9.17) is 4.74 Å². The van der Waals surface area contributed by atoms with Gasteiger partial charge in [0.25, 0.3) is 0 Å². The van der Waals surface area contributed by atoms with Gasteiger partial charge < -0.3 is 4.74 Å². The van der Waals surface area contributed by atoms with Crippen molar-refractivity contribution in [2.45, 2.75) is 32.4 Å². The van der Waals surface area contributed by atoms with Crippen LogP contribution >= 0.6 is 18.0 Å². The smallest absolute Gasteiger partial charge is 0.420 e. The molecule has 0 bridgehead atoms. The molecule has 0 fully saturated rings. The van der Waals surface area contributed by atoms with Crippen LogP contribution in [0.15, 0.2) is 0 Å². The van der Waals surface area contributed by atoms with Gasteiger partial charge in [-0.3, -0.25) is 0 Å². The third-order valence-electron chi connectivity index (χ3n) is 2.57. The van der Waals surface area contributed by atoms with Gasteiger partial charge in [0.1, 0.15) is 0 Å². The minimum absolute atomic E-state index is 0.0649. The summed E-state index contributed by atoms with van der Waals surface area (Å²) >= 11 is 1.12.